The van der Waals surface area contributed by atoms with Crippen molar-refractivity contribution in [1.29, 1.82) is 0 Å². The van der Waals surface area contributed by atoms with E-state index in [4.69, 9.17) is 9.47 Å². The molecule has 3 rings (SSSR count). The molecule has 4 nitrogen and oxygen atoms in total. The molecule has 2 aromatic carbocycles. The number of fused-ring (bicyclic) bond motifs is 1. The number of esters is 1. The molecule has 0 aliphatic carbocycles. The molecule has 0 bridgehead atoms. The van der Waals surface area contributed by atoms with Crippen LogP contribution < -0.4 is 4.74 Å². The van der Waals surface area contributed by atoms with Crippen molar-refractivity contribution in [3.05, 3.63) is 60.3 Å². The third-order valence-electron chi connectivity index (χ3n) is 3.50. The number of pyridine rings is 1. The van der Waals surface area contributed by atoms with E-state index in [-0.39, 0.29) is 5.69 Å². The largest absolute Gasteiger partial charge is 0.494 e. The summed E-state index contributed by atoms with van der Waals surface area (Å²) in [7, 11) is 2.93. The number of methoxy groups -OCH3 is 2. The zero-order chi connectivity index (χ0) is 15.5. The van der Waals surface area contributed by atoms with E-state index in [2.05, 4.69) is 4.98 Å². The summed E-state index contributed by atoms with van der Waals surface area (Å²) in [6.07, 6.45) is 0. The first-order valence-corrected chi connectivity index (χ1v) is 6.86. The van der Waals surface area contributed by atoms with E-state index in [1.54, 1.807) is 13.2 Å². The molecule has 0 aliphatic heterocycles. The van der Waals surface area contributed by atoms with Crippen LogP contribution in [0, 0.1) is 0 Å². The van der Waals surface area contributed by atoms with Gasteiger partial charge in [0.05, 0.1) is 14.2 Å². The summed E-state index contributed by atoms with van der Waals surface area (Å²) >= 11 is 0. The Morgan fingerprint density at radius 2 is 1.77 bits per heavy atom. The van der Waals surface area contributed by atoms with Crippen molar-refractivity contribution in [2.75, 3.05) is 14.2 Å². The molecular weight excluding hydrogens is 278 g/mol. The predicted molar refractivity (Wildman–Crippen MR) is 85.1 cm³/mol. The highest BCUT2D eigenvalue weighted by molar-refractivity contribution is 6.01. The number of carbonyl (C=O) groups is 1. The van der Waals surface area contributed by atoms with Gasteiger partial charge in [0.1, 0.15) is 17.0 Å². The van der Waals surface area contributed by atoms with E-state index in [0.717, 1.165) is 16.5 Å². The van der Waals surface area contributed by atoms with Crippen LogP contribution in [0.15, 0.2) is 54.6 Å². The second-order valence-electron chi connectivity index (χ2n) is 4.77. The van der Waals surface area contributed by atoms with Crippen LogP contribution in [0.1, 0.15) is 10.5 Å². The van der Waals surface area contributed by atoms with E-state index in [1.165, 1.54) is 7.11 Å². The van der Waals surface area contributed by atoms with Gasteiger partial charge in [-0.1, -0.05) is 42.5 Å². The van der Waals surface area contributed by atoms with Gasteiger partial charge >= 0.3 is 5.97 Å². The summed E-state index contributed by atoms with van der Waals surface area (Å²) in [6.45, 7) is 0. The number of hydrogen-bond acceptors (Lipinski definition) is 4. The van der Waals surface area contributed by atoms with Crippen LogP contribution in [0.4, 0.5) is 0 Å². The maximum Gasteiger partial charge on any atom is 0.356 e. The first kappa shape index (κ1) is 14.1. The van der Waals surface area contributed by atoms with Crippen molar-refractivity contribution in [1.82, 2.24) is 4.98 Å². The molecule has 4 heteroatoms. The fourth-order valence-corrected chi connectivity index (χ4v) is 2.45. The Morgan fingerprint density at radius 1 is 1.00 bits per heavy atom. The lowest BCUT2D eigenvalue weighted by Crippen LogP contribution is -2.05. The average Bonchev–Trinajstić information content (AvgIpc) is 2.60. The Morgan fingerprint density at radius 3 is 2.45 bits per heavy atom. The Hall–Kier alpha value is -2.88. The normalized spacial score (nSPS) is 10.5. The number of para-hydroxylation sites is 1. The van der Waals surface area contributed by atoms with E-state index in [0.29, 0.717) is 11.3 Å². The van der Waals surface area contributed by atoms with E-state index in [1.807, 2.05) is 48.5 Å². The third-order valence-corrected chi connectivity index (χ3v) is 3.50. The van der Waals surface area contributed by atoms with Crippen LogP contribution in [0.5, 0.6) is 5.75 Å². The smallest absolute Gasteiger partial charge is 0.356 e. The van der Waals surface area contributed by atoms with Gasteiger partial charge in [-0.3, -0.25) is 0 Å². The Bertz CT molecular complexity index is 828. The van der Waals surface area contributed by atoms with Crippen LogP contribution in [-0.2, 0) is 4.74 Å². The van der Waals surface area contributed by atoms with Gasteiger partial charge in [0.15, 0.2) is 0 Å². The minimum Gasteiger partial charge on any atom is -0.494 e. The second kappa shape index (κ2) is 5.85. The number of rotatable bonds is 3. The van der Waals surface area contributed by atoms with Gasteiger partial charge in [-0.05, 0) is 23.3 Å². The molecule has 0 saturated carbocycles. The van der Waals surface area contributed by atoms with Crippen LogP contribution in [0.25, 0.3) is 22.0 Å². The number of ether oxygens (including phenoxy) is 2. The van der Waals surface area contributed by atoms with Gasteiger partial charge in [-0.15, -0.1) is 0 Å². The minimum absolute atomic E-state index is 0.262. The Kier molecular flexibility index (Phi) is 3.74. The molecule has 0 fully saturated rings. The lowest BCUT2D eigenvalue weighted by Gasteiger charge is -2.11. The standard InChI is InChI=1S/C18H15NO3/c1-21-16-10-6-9-13-14(12-7-4-3-5-8-12)11-15(18(20)22-2)19-17(13)16/h3-11H,1-2H3. The first-order chi connectivity index (χ1) is 10.7. The van der Waals surface area contributed by atoms with Crippen LogP contribution in [0.2, 0.25) is 0 Å². The lowest BCUT2D eigenvalue weighted by molar-refractivity contribution is 0.0594. The third kappa shape index (κ3) is 2.39. The molecule has 0 unspecified atom stereocenters. The zero-order valence-electron chi connectivity index (χ0n) is 12.4. The number of aromatic nitrogens is 1. The summed E-state index contributed by atoms with van der Waals surface area (Å²) < 4.78 is 10.2. The van der Waals surface area contributed by atoms with E-state index >= 15 is 0 Å². The maximum atomic E-state index is 11.9. The highest BCUT2D eigenvalue weighted by Gasteiger charge is 2.15. The predicted octanol–water partition coefficient (Wildman–Crippen LogP) is 3.70. The maximum absolute atomic E-state index is 11.9. The molecule has 110 valence electrons. The number of benzene rings is 2. The van der Waals surface area contributed by atoms with E-state index in [9.17, 15) is 4.79 Å². The summed E-state index contributed by atoms with van der Waals surface area (Å²) in [5.74, 6) is 0.158. The van der Waals surface area contributed by atoms with Crippen molar-refractivity contribution < 1.29 is 14.3 Å². The molecule has 1 aromatic heterocycles. The van der Waals surface area contributed by atoms with Gasteiger partial charge in [0.25, 0.3) is 0 Å². The Labute approximate surface area is 128 Å². The molecule has 0 amide bonds. The second-order valence-corrected chi connectivity index (χ2v) is 4.77. The fraction of sp³-hybridized carbons (Fsp3) is 0.111. The minimum atomic E-state index is -0.468. The van der Waals surface area contributed by atoms with Crippen molar-refractivity contribution in [2.45, 2.75) is 0 Å². The van der Waals surface area contributed by atoms with E-state index < -0.39 is 5.97 Å². The molecule has 0 atom stereocenters. The Balaban J connectivity index is 2.36. The molecule has 0 N–H and O–H groups in total. The van der Waals surface area contributed by atoms with Gasteiger partial charge < -0.3 is 9.47 Å². The molecule has 0 spiro atoms. The molecule has 0 aliphatic rings. The highest BCUT2D eigenvalue weighted by atomic mass is 16.5. The van der Waals surface area contributed by atoms with Crippen LogP contribution >= 0.6 is 0 Å². The molecule has 0 saturated heterocycles. The highest BCUT2D eigenvalue weighted by Crippen LogP contribution is 2.33. The first-order valence-electron chi connectivity index (χ1n) is 6.86. The van der Waals surface area contributed by atoms with Gasteiger partial charge in [0.2, 0.25) is 0 Å². The monoisotopic (exact) mass is 293 g/mol. The zero-order valence-corrected chi connectivity index (χ0v) is 12.4. The SMILES string of the molecule is COC(=O)c1cc(-c2ccccc2)c2cccc(OC)c2n1. The van der Waals surface area contributed by atoms with Crippen molar-refractivity contribution >= 4 is 16.9 Å². The summed E-state index contributed by atoms with van der Waals surface area (Å²) in [6, 6.07) is 17.3. The van der Waals surface area contributed by atoms with Crippen LogP contribution in [-0.4, -0.2) is 25.2 Å². The summed E-state index contributed by atoms with van der Waals surface area (Å²) in [4.78, 5) is 16.3. The number of carbonyl (C=O) groups excluding carboxylic acids is 1. The van der Waals surface area contributed by atoms with Gasteiger partial charge in [-0.25, -0.2) is 9.78 Å². The van der Waals surface area contributed by atoms with Crippen LogP contribution in [0.3, 0.4) is 0 Å². The summed E-state index contributed by atoms with van der Waals surface area (Å²) in [5, 5.41) is 0.929. The molecule has 3 aromatic rings. The summed E-state index contributed by atoms with van der Waals surface area (Å²) in [5.41, 5.74) is 2.84. The molecule has 0 radical (unpaired) electrons. The molecule has 22 heavy (non-hydrogen) atoms. The average molecular weight is 293 g/mol. The topological polar surface area (TPSA) is 48.4 Å². The van der Waals surface area contributed by atoms with Crippen molar-refractivity contribution in [3.8, 4) is 16.9 Å². The molecular formula is C18H15NO3. The van der Waals surface area contributed by atoms with Crippen molar-refractivity contribution in [2.24, 2.45) is 0 Å². The number of nitrogens with zero attached hydrogens (tertiary/aromatic N) is 1. The fourth-order valence-electron chi connectivity index (χ4n) is 2.45. The van der Waals surface area contributed by atoms with Crippen molar-refractivity contribution in [3.63, 3.8) is 0 Å². The lowest BCUT2D eigenvalue weighted by atomic mass is 10.00. The molecule has 1 heterocycles. The van der Waals surface area contributed by atoms with Gasteiger partial charge in [-0.2, -0.15) is 0 Å². The number of hydrogen-bond donors (Lipinski definition) is 0. The quantitative estimate of drug-likeness (QED) is 0.691. The van der Waals surface area contributed by atoms with Gasteiger partial charge in [0, 0.05) is 5.39 Å².